The molecule has 2 heterocycles. The number of anilines is 4. The molecule has 0 amide bonds. The lowest BCUT2D eigenvalue weighted by atomic mass is 9.95. The van der Waals surface area contributed by atoms with Gasteiger partial charge in [-0.25, -0.2) is 9.97 Å². The third-order valence-electron chi connectivity index (χ3n) is 5.24. The van der Waals surface area contributed by atoms with E-state index >= 15 is 0 Å². The van der Waals surface area contributed by atoms with Gasteiger partial charge in [-0.05, 0) is 49.9 Å². The Morgan fingerprint density at radius 1 is 0.840 bits per heavy atom. The van der Waals surface area contributed by atoms with Crippen LogP contribution in [0, 0.1) is 0 Å². The molecule has 1 aliphatic carbocycles. The van der Waals surface area contributed by atoms with E-state index in [1.807, 2.05) is 6.07 Å². The molecule has 2 aromatic rings. The van der Waals surface area contributed by atoms with E-state index in [0.29, 0.717) is 6.04 Å². The molecule has 0 unspecified atom stereocenters. The molecule has 1 saturated carbocycles. The van der Waals surface area contributed by atoms with Gasteiger partial charge in [-0.2, -0.15) is 0 Å². The largest absolute Gasteiger partial charge is 0.372 e. The Balaban J connectivity index is 1.39. The minimum absolute atomic E-state index is 0.552. The van der Waals surface area contributed by atoms with Gasteiger partial charge in [-0.1, -0.05) is 19.3 Å². The fourth-order valence-corrected chi connectivity index (χ4v) is 3.84. The Labute approximate surface area is 149 Å². The van der Waals surface area contributed by atoms with Gasteiger partial charge in [0.1, 0.15) is 18.0 Å². The van der Waals surface area contributed by atoms with Crippen molar-refractivity contribution in [1.82, 2.24) is 9.97 Å². The first-order valence-electron chi connectivity index (χ1n) is 9.57. The maximum Gasteiger partial charge on any atom is 0.135 e. The highest BCUT2D eigenvalue weighted by atomic mass is 15.1. The third kappa shape index (κ3) is 4.21. The second kappa shape index (κ2) is 7.72. The molecule has 2 fully saturated rings. The van der Waals surface area contributed by atoms with Crippen molar-refractivity contribution in [2.24, 2.45) is 0 Å². The van der Waals surface area contributed by atoms with Crippen LogP contribution in [0.25, 0.3) is 0 Å². The summed E-state index contributed by atoms with van der Waals surface area (Å²) >= 11 is 0. The van der Waals surface area contributed by atoms with Gasteiger partial charge in [0, 0.05) is 36.6 Å². The minimum Gasteiger partial charge on any atom is -0.372 e. The van der Waals surface area contributed by atoms with E-state index in [1.165, 1.54) is 63.7 Å². The van der Waals surface area contributed by atoms with E-state index in [2.05, 4.69) is 49.8 Å². The molecule has 5 heteroatoms. The van der Waals surface area contributed by atoms with E-state index in [9.17, 15) is 0 Å². The molecule has 1 saturated heterocycles. The highest BCUT2D eigenvalue weighted by Crippen LogP contribution is 2.25. The van der Waals surface area contributed by atoms with Crippen molar-refractivity contribution in [2.45, 2.75) is 51.0 Å². The molecule has 2 N–H and O–H groups in total. The molecule has 0 bridgehead atoms. The maximum absolute atomic E-state index is 4.37. The van der Waals surface area contributed by atoms with E-state index in [1.54, 1.807) is 6.33 Å². The first kappa shape index (κ1) is 16.2. The Kier molecular flexibility index (Phi) is 5.00. The van der Waals surface area contributed by atoms with Gasteiger partial charge in [-0.15, -0.1) is 0 Å². The zero-order valence-electron chi connectivity index (χ0n) is 14.7. The molecule has 4 rings (SSSR count). The molecule has 132 valence electrons. The molecule has 0 radical (unpaired) electrons. The summed E-state index contributed by atoms with van der Waals surface area (Å²) in [7, 11) is 0. The van der Waals surface area contributed by atoms with Crippen LogP contribution >= 0.6 is 0 Å². The molecular formula is C20H27N5. The highest BCUT2D eigenvalue weighted by Gasteiger charge is 2.14. The summed E-state index contributed by atoms with van der Waals surface area (Å²) in [5.74, 6) is 1.75. The first-order valence-corrected chi connectivity index (χ1v) is 9.57. The van der Waals surface area contributed by atoms with Crippen molar-refractivity contribution < 1.29 is 0 Å². The Bertz CT molecular complexity index is 673. The summed E-state index contributed by atoms with van der Waals surface area (Å²) in [6, 6.07) is 11.2. The van der Waals surface area contributed by atoms with Crippen LogP contribution in [-0.4, -0.2) is 29.1 Å². The summed E-state index contributed by atoms with van der Waals surface area (Å²) in [6.07, 6.45) is 10.7. The lowest BCUT2D eigenvalue weighted by Gasteiger charge is -2.23. The summed E-state index contributed by atoms with van der Waals surface area (Å²) in [4.78, 5) is 11.2. The number of nitrogens with zero attached hydrogens (tertiary/aromatic N) is 3. The number of nitrogens with one attached hydrogen (secondary N) is 2. The van der Waals surface area contributed by atoms with E-state index in [4.69, 9.17) is 0 Å². The van der Waals surface area contributed by atoms with Crippen molar-refractivity contribution in [3.8, 4) is 0 Å². The highest BCUT2D eigenvalue weighted by molar-refractivity contribution is 5.62. The average Bonchev–Trinajstić information content (AvgIpc) is 3.18. The normalized spacial score (nSPS) is 18.3. The molecule has 0 atom stereocenters. The molecule has 1 aromatic heterocycles. The van der Waals surface area contributed by atoms with Gasteiger partial charge in [-0.3, -0.25) is 0 Å². The van der Waals surface area contributed by atoms with Crippen LogP contribution in [0.1, 0.15) is 44.9 Å². The second-order valence-electron chi connectivity index (χ2n) is 7.13. The van der Waals surface area contributed by atoms with Gasteiger partial charge >= 0.3 is 0 Å². The first-order chi connectivity index (χ1) is 12.4. The zero-order valence-corrected chi connectivity index (χ0v) is 14.7. The van der Waals surface area contributed by atoms with Crippen molar-refractivity contribution in [1.29, 1.82) is 0 Å². The summed E-state index contributed by atoms with van der Waals surface area (Å²) in [6.45, 7) is 2.35. The van der Waals surface area contributed by atoms with Crippen LogP contribution in [0.15, 0.2) is 36.7 Å². The molecule has 0 spiro atoms. The van der Waals surface area contributed by atoms with Crippen LogP contribution in [0.5, 0.6) is 0 Å². The zero-order chi connectivity index (χ0) is 16.9. The topological polar surface area (TPSA) is 53.1 Å². The molecule has 1 aliphatic heterocycles. The molecular weight excluding hydrogens is 310 g/mol. The van der Waals surface area contributed by atoms with Crippen molar-refractivity contribution in [3.05, 3.63) is 36.7 Å². The number of hydrogen-bond donors (Lipinski definition) is 2. The van der Waals surface area contributed by atoms with Gasteiger partial charge < -0.3 is 15.5 Å². The number of benzene rings is 1. The third-order valence-corrected chi connectivity index (χ3v) is 5.24. The second-order valence-corrected chi connectivity index (χ2v) is 7.13. The molecule has 2 aliphatic rings. The average molecular weight is 337 g/mol. The van der Waals surface area contributed by atoms with Gasteiger partial charge in [0.15, 0.2) is 0 Å². The summed E-state index contributed by atoms with van der Waals surface area (Å²) in [5.41, 5.74) is 2.37. The summed E-state index contributed by atoms with van der Waals surface area (Å²) in [5, 5.41) is 6.95. The van der Waals surface area contributed by atoms with E-state index in [-0.39, 0.29) is 0 Å². The predicted octanol–water partition coefficient (Wildman–Crippen LogP) is 4.57. The number of hydrogen-bond acceptors (Lipinski definition) is 5. The Morgan fingerprint density at radius 3 is 2.32 bits per heavy atom. The molecule has 1 aromatic carbocycles. The fraction of sp³-hybridized carbons (Fsp3) is 0.500. The minimum atomic E-state index is 0.552. The Morgan fingerprint density at radius 2 is 1.56 bits per heavy atom. The van der Waals surface area contributed by atoms with Crippen molar-refractivity contribution in [3.63, 3.8) is 0 Å². The van der Waals surface area contributed by atoms with Crippen LogP contribution in [0.2, 0.25) is 0 Å². The van der Waals surface area contributed by atoms with E-state index < -0.39 is 0 Å². The number of rotatable bonds is 5. The Hall–Kier alpha value is -2.30. The van der Waals surface area contributed by atoms with Crippen LogP contribution in [-0.2, 0) is 0 Å². The standard InChI is InChI=1S/C20H27N5/c1-2-6-16(7-3-1)23-19-14-20(22-15-21-19)24-17-8-10-18(11-9-17)25-12-4-5-13-25/h8-11,14-16H,1-7,12-13H2,(H2,21,22,23,24). The van der Waals surface area contributed by atoms with Crippen molar-refractivity contribution in [2.75, 3.05) is 28.6 Å². The van der Waals surface area contributed by atoms with Gasteiger partial charge in [0.25, 0.3) is 0 Å². The van der Waals surface area contributed by atoms with Crippen LogP contribution < -0.4 is 15.5 Å². The smallest absolute Gasteiger partial charge is 0.135 e. The van der Waals surface area contributed by atoms with Crippen LogP contribution in [0.3, 0.4) is 0 Å². The maximum atomic E-state index is 4.37. The van der Waals surface area contributed by atoms with Gasteiger partial charge in [0.2, 0.25) is 0 Å². The SMILES string of the molecule is c1nc(Nc2ccc(N3CCCC3)cc2)cc(NC2CCCCC2)n1. The summed E-state index contributed by atoms with van der Waals surface area (Å²) < 4.78 is 0. The lowest BCUT2D eigenvalue weighted by molar-refractivity contribution is 0.462. The predicted molar refractivity (Wildman–Crippen MR) is 104 cm³/mol. The molecule has 25 heavy (non-hydrogen) atoms. The van der Waals surface area contributed by atoms with Gasteiger partial charge in [0.05, 0.1) is 0 Å². The fourth-order valence-electron chi connectivity index (χ4n) is 3.84. The quantitative estimate of drug-likeness (QED) is 0.837. The van der Waals surface area contributed by atoms with Crippen molar-refractivity contribution >= 4 is 23.0 Å². The number of aromatic nitrogens is 2. The monoisotopic (exact) mass is 337 g/mol. The van der Waals surface area contributed by atoms with E-state index in [0.717, 1.165) is 17.3 Å². The van der Waals surface area contributed by atoms with Crippen LogP contribution in [0.4, 0.5) is 23.0 Å². The lowest BCUT2D eigenvalue weighted by Crippen LogP contribution is -2.22. The molecule has 5 nitrogen and oxygen atoms in total.